The van der Waals surface area contributed by atoms with Gasteiger partial charge >= 0.3 is 11.9 Å². The van der Waals surface area contributed by atoms with Crippen molar-refractivity contribution >= 4 is 11.9 Å². The third kappa shape index (κ3) is 20.3. The first-order chi connectivity index (χ1) is 11.7. The molecule has 146 valence electrons. The van der Waals surface area contributed by atoms with Crippen LogP contribution in [0.3, 0.4) is 0 Å². The summed E-state index contributed by atoms with van der Waals surface area (Å²) in [5.74, 6) is -0.805. The second kappa shape index (κ2) is 20.4. The number of esters is 2. The van der Waals surface area contributed by atoms with E-state index in [2.05, 4.69) is 13.8 Å². The summed E-state index contributed by atoms with van der Waals surface area (Å²) in [7, 11) is 0. The Morgan fingerprint density at radius 3 is 1.44 bits per heavy atom. The second-order valence-corrected chi connectivity index (χ2v) is 5.92. The smallest absolute Gasteiger partial charge is 0.311 e. The highest BCUT2D eigenvalue weighted by Crippen LogP contribution is 2.04. The van der Waals surface area contributed by atoms with Crippen LogP contribution in [0.4, 0.5) is 0 Å². The molecule has 2 N–H and O–H groups in total. The van der Waals surface area contributed by atoms with E-state index in [1.54, 1.807) is 0 Å². The van der Waals surface area contributed by atoms with E-state index in [1.165, 1.54) is 51.0 Å². The van der Waals surface area contributed by atoms with Gasteiger partial charge in [0.25, 0.3) is 0 Å². The summed E-state index contributed by atoms with van der Waals surface area (Å²) in [5.41, 5.74) is 0. The zero-order valence-electron chi connectivity index (χ0n) is 15.9. The van der Waals surface area contributed by atoms with Gasteiger partial charge in [-0.2, -0.15) is 0 Å². The van der Waals surface area contributed by atoms with E-state index in [9.17, 15) is 9.59 Å². The molecule has 0 rings (SSSR count). The minimum Gasteiger partial charge on any atom is -0.435 e. The average molecular weight is 357 g/mol. The molecule has 0 aromatic carbocycles. The van der Waals surface area contributed by atoms with Crippen molar-refractivity contribution in [3.63, 3.8) is 0 Å². The molecule has 0 saturated carbocycles. The molecule has 0 amide bonds. The molecule has 0 aromatic rings. The van der Waals surface area contributed by atoms with Crippen molar-refractivity contribution in [2.45, 2.75) is 90.9 Å². The van der Waals surface area contributed by atoms with Crippen LogP contribution in [0.25, 0.3) is 0 Å². The molecule has 0 unspecified atom stereocenters. The third-order valence-electron chi connectivity index (χ3n) is 3.57. The van der Waals surface area contributed by atoms with Crippen LogP contribution in [0.1, 0.15) is 90.9 Å². The van der Waals surface area contributed by atoms with Gasteiger partial charge in [0.15, 0.2) is 0 Å². The first kappa shape index (κ1) is 25.6. The lowest BCUT2D eigenvalue weighted by atomic mass is 10.1. The summed E-state index contributed by atoms with van der Waals surface area (Å²) in [6, 6.07) is 0. The van der Waals surface area contributed by atoms with Crippen LogP contribution < -0.4 is 0 Å². The van der Waals surface area contributed by atoms with Crippen LogP contribution in [0, 0.1) is 0 Å². The Kier molecular flexibility index (Phi) is 20.9. The number of ether oxygens (including phenoxy) is 2. The first-order valence-electron chi connectivity index (χ1n) is 9.39. The van der Waals surface area contributed by atoms with Crippen LogP contribution in [-0.2, 0) is 19.1 Å². The van der Waals surface area contributed by atoms with E-state index in [4.69, 9.17) is 9.47 Å². The molecule has 0 aliphatic carbocycles. The number of unbranched alkanes of at least 4 members (excludes halogenated alkanes) is 8. The molecule has 0 spiro atoms. The van der Waals surface area contributed by atoms with Crippen LogP contribution in [0.5, 0.6) is 0 Å². The Bertz CT molecular complexity index is 338. The van der Waals surface area contributed by atoms with Gasteiger partial charge in [0.2, 0.25) is 0 Å². The molecule has 0 heterocycles. The van der Waals surface area contributed by atoms with Crippen molar-refractivity contribution in [3.05, 3.63) is 24.7 Å². The lowest BCUT2D eigenvalue weighted by Gasteiger charge is -2.00. The fourth-order valence-electron chi connectivity index (χ4n) is 2.08. The minimum atomic E-state index is -0.402. The second-order valence-electron chi connectivity index (χ2n) is 5.92. The molecule has 0 aromatic heterocycles. The Balaban J connectivity index is 0. The molecule has 5 nitrogen and oxygen atoms in total. The van der Waals surface area contributed by atoms with E-state index in [0.29, 0.717) is 0 Å². The monoisotopic (exact) mass is 356 g/mol. The average Bonchev–Trinajstić information content (AvgIpc) is 2.58. The Hall–Kier alpha value is -1.62. The van der Waals surface area contributed by atoms with Crippen molar-refractivity contribution in [3.8, 4) is 0 Å². The van der Waals surface area contributed by atoms with Crippen molar-refractivity contribution in [2.24, 2.45) is 0 Å². The Morgan fingerprint density at radius 1 is 0.680 bits per heavy atom. The van der Waals surface area contributed by atoms with Gasteiger partial charge in [0, 0.05) is 0 Å². The SMILES string of the molecule is CCCCCCC=COC(=O)CCC(=O)OC=CCCCCCC.O. The molecule has 0 aliphatic rings. The maximum absolute atomic E-state index is 11.5. The van der Waals surface area contributed by atoms with E-state index in [-0.39, 0.29) is 18.3 Å². The van der Waals surface area contributed by atoms with Gasteiger partial charge in [0.1, 0.15) is 0 Å². The lowest BCUT2D eigenvalue weighted by Crippen LogP contribution is -2.06. The highest BCUT2D eigenvalue weighted by molar-refractivity contribution is 5.78. The summed E-state index contributed by atoms with van der Waals surface area (Å²) in [5, 5.41) is 0. The fraction of sp³-hybridized carbons (Fsp3) is 0.700. The molecule has 0 fully saturated rings. The van der Waals surface area contributed by atoms with Gasteiger partial charge in [-0.25, -0.2) is 0 Å². The summed E-state index contributed by atoms with van der Waals surface area (Å²) < 4.78 is 9.87. The summed E-state index contributed by atoms with van der Waals surface area (Å²) >= 11 is 0. The summed E-state index contributed by atoms with van der Waals surface area (Å²) in [6.45, 7) is 4.35. The predicted octanol–water partition coefficient (Wildman–Crippen LogP) is 5.00. The number of carbonyl (C=O) groups is 2. The van der Waals surface area contributed by atoms with E-state index in [0.717, 1.165) is 25.7 Å². The molecule has 25 heavy (non-hydrogen) atoms. The van der Waals surface area contributed by atoms with Gasteiger partial charge in [-0.05, 0) is 37.8 Å². The quantitative estimate of drug-likeness (QED) is 0.235. The summed E-state index contributed by atoms with van der Waals surface area (Å²) in [6.07, 6.45) is 18.0. The number of allylic oxidation sites excluding steroid dienone is 2. The number of hydrogen-bond donors (Lipinski definition) is 0. The molecular weight excluding hydrogens is 320 g/mol. The fourth-order valence-corrected chi connectivity index (χ4v) is 2.08. The Labute approximate surface area is 152 Å². The topological polar surface area (TPSA) is 84.1 Å². The van der Waals surface area contributed by atoms with E-state index in [1.807, 2.05) is 12.2 Å². The first-order valence-corrected chi connectivity index (χ1v) is 9.39. The normalized spacial score (nSPS) is 10.8. The number of hydrogen-bond acceptors (Lipinski definition) is 4. The zero-order valence-corrected chi connectivity index (χ0v) is 15.9. The Morgan fingerprint density at radius 2 is 1.08 bits per heavy atom. The van der Waals surface area contributed by atoms with Gasteiger partial charge in [-0.15, -0.1) is 0 Å². The van der Waals surface area contributed by atoms with Crippen LogP contribution in [0.2, 0.25) is 0 Å². The number of carbonyl (C=O) groups excluding carboxylic acids is 2. The molecule has 0 saturated heterocycles. The highest BCUT2D eigenvalue weighted by Gasteiger charge is 2.07. The number of rotatable bonds is 15. The zero-order chi connectivity index (χ0) is 17.9. The van der Waals surface area contributed by atoms with Crippen LogP contribution in [0.15, 0.2) is 24.7 Å². The van der Waals surface area contributed by atoms with Gasteiger partial charge < -0.3 is 14.9 Å². The van der Waals surface area contributed by atoms with Gasteiger partial charge in [-0.1, -0.05) is 52.4 Å². The predicted molar refractivity (Wildman–Crippen MR) is 101 cm³/mol. The van der Waals surface area contributed by atoms with Crippen LogP contribution >= 0.6 is 0 Å². The maximum atomic E-state index is 11.5. The molecule has 0 bridgehead atoms. The van der Waals surface area contributed by atoms with Crippen LogP contribution in [-0.4, -0.2) is 17.4 Å². The van der Waals surface area contributed by atoms with Crippen molar-refractivity contribution in [1.29, 1.82) is 0 Å². The molecule has 0 atom stereocenters. The summed E-state index contributed by atoms with van der Waals surface area (Å²) in [4.78, 5) is 22.9. The molecule has 0 aliphatic heterocycles. The van der Waals surface area contributed by atoms with Crippen molar-refractivity contribution < 1.29 is 24.5 Å². The lowest BCUT2D eigenvalue weighted by molar-refractivity contribution is -0.144. The molecular formula is C20H36O5. The van der Waals surface area contributed by atoms with E-state index < -0.39 is 11.9 Å². The highest BCUT2D eigenvalue weighted by atomic mass is 16.5. The van der Waals surface area contributed by atoms with E-state index >= 15 is 0 Å². The van der Waals surface area contributed by atoms with Gasteiger partial charge in [0.05, 0.1) is 25.4 Å². The standard InChI is InChI=1S/C20H34O4.H2O/c1-3-5-7-9-11-13-17-23-19(21)15-16-20(22)24-18-14-12-10-8-6-4-2;/h13-14,17-18H,3-12,15-16H2,1-2H3;1H2. The molecule has 0 radical (unpaired) electrons. The third-order valence-corrected chi connectivity index (χ3v) is 3.57. The minimum absolute atomic E-state index is 0. The maximum Gasteiger partial charge on any atom is 0.311 e. The molecule has 5 heteroatoms. The van der Waals surface area contributed by atoms with Crippen molar-refractivity contribution in [1.82, 2.24) is 0 Å². The van der Waals surface area contributed by atoms with Crippen molar-refractivity contribution in [2.75, 3.05) is 0 Å². The van der Waals surface area contributed by atoms with Gasteiger partial charge in [-0.3, -0.25) is 9.59 Å². The largest absolute Gasteiger partial charge is 0.435 e.